The van der Waals surface area contributed by atoms with E-state index in [0.717, 1.165) is 38.2 Å². The van der Waals surface area contributed by atoms with Crippen molar-refractivity contribution in [1.82, 2.24) is 19.3 Å². The van der Waals surface area contributed by atoms with Gasteiger partial charge in [0.25, 0.3) is 5.91 Å². The molecule has 8 heteroatoms. The summed E-state index contributed by atoms with van der Waals surface area (Å²) in [6, 6.07) is 13.9. The maximum atomic E-state index is 13.4. The van der Waals surface area contributed by atoms with Crippen LogP contribution < -0.4 is 0 Å². The van der Waals surface area contributed by atoms with Crippen molar-refractivity contribution in [3.63, 3.8) is 0 Å². The van der Waals surface area contributed by atoms with Gasteiger partial charge in [0.15, 0.2) is 0 Å². The van der Waals surface area contributed by atoms with Crippen LogP contribution in [0.1, 0.15) is 61.3 Å². The molecule has 35 heavy (non-hydrogen) atoms. The molecular weight excluding hydrogens is 442 g/mol. The summed E-state index contributed by atoms with van der Waals surface area (Å²) < 4.78 is 7.60. The number of amides is 2. The number of nitriles is 1. The quantitative estimate of drug-likeness (QED) is 0.667. The molecule has 2 aromatic rings. The normalized spacial score (nSPS) is 17.8. The second-order valence-corrected chi connectivity index (χ2v) is 10.4. The van der Waals surface area contributed by atoms with Gasteiger partial charge in [-0.05, 0) is 63.4 Å². The zero-order valence-electron chi connectivity index (χ0n) is 20.9. The van der Waals surface area contributed by atoms with Crippen LogP contribution >= 0.6 is 0 Å². The fourth-order valence-corrected chi connectivity index (χ4v) is 4.76. The highest BCUT2D eigenvalue weighted by atomic mass is 16.6. The van der Waals surface area contributed by atoms with E-state index in [1.807, 2.05) is 68.3 Å². The van der Waals surface area contributed by atoms with Crippen LogP contribution in [0, 0.1) is 11.3 Å². The van der Waals surface area contributed by atoms with E-state index in [9.17, 15) is 9.59 Å². The lowest BCUT2D eigenvalue weighted by molar-refractivity contribution is 0.0186. The average Bonchev–Trinajstić information content (AvgIpc) is 3.34. The highest BCUT2D eigenvalue weighted by Crippen LogP contribution is 2.26. The van der Waals surface area contributed by atoms with Crippen molar-refractivity contribution in [2.45, 2.75) is 51.8 Å². The molecule has 0 atom stereocenters. The highest BCUT2D eigenvalue weighted by Gasteiger charge is 2.30. The van der Waals surface area contributed by atoms with Crippen molar-refractivity contribution >= 4 is 12.0 Å². The summed E-state index contributed by atoms with van der Waals surface area (Å²) in [7, 11) is 0. The van der Waals surface area contributed by atoms with Gasteiger partial charge in [-0.1, -0.05) is 12.1 Å². The Hall–Kier alpha value is -3.31. The molecule has 0 saturated carbocycles. The summed E-state index contributed by atoms with van der Waals surface area (Å²) in [5.74, 6) is 0.0718. The number of piperazine rings is 1. The molecule has 1 aromatic heterocycles. The van der Waals surface area contributed by atoms with E-state index in [1.54, 1.807) is 4.90 Å². The Morgan fingerprint density at radius 2 is 1.63 bits per heavy atom. The summed E-state index contributed by atoms with van der Waals surface area (Å²) in [6.45, 7) is 10.7. The molecule has 1 aromatic carbocycles. The van der Waals surface area contributed by atoms with Crippen LogP contribution in [0.3, 0.4) is 0 Å². The predicted molar refractivity (Wildman–Crippen MR) is 133 cm³/mol. The number of hydrogen-bond acceptors (Lipinski definition) is 5. The number of benzene rings is 1. The third kappa shape index (κ3) is 6.23. The average molecular weight is 478 g/mol. The molecule has 0 bridgehead atoms. The summed E-state index contributed by atoms with van der Waals surface area (Å²) in [5, 5.41) is 8.96. The lowest BCUT2D eigenvalue weighted by Crippen LogP contribution is -2.49. The molecule has 0 spiro atoms. The van der Waals surface area contributed by atoms with Crippen molar-refractivity contribution < 1.29 is 14.3 Å². The number of rotatable bonds is 4. The second-order valence-electron chi connectivity index (χ2n) is 10.4. The molecule has 2 aliphatic rings. The van der Waals surface area contributed by atoms with Crippen molar-refractivity contribution in [3.05, 3.63) is 59.4 Å². The standard InChI is InChI=1S/C27H35N5O3/c1-27(2,3)35-26(34)31-13-10-23(11-14-31)32-12-4-5-24(32)25(33)30-17-15-29(16-18-30)20-22-8-6-21(19-28)7-9-22/h4-9,12,23H,10-11,13-18,20H2,1-3H3. The third-order valence-electron chi connectivity index (χ3n) is 6.66. The van der Waals surface area contributed by atoms with E-state index in [0.29, 0.717) is 31.7 Å². The topological polar surface area (TPSA) is 81.8 Å². The zero-order chi connectivity index (χ0) is 25.0. The summed E-state index contributed by atoms with van der Waals surface area (Å²) in [4.78, 5) is 31.8. The molecule has 2 amide bonds. The van der Waals surface area contributed by atoms with Gasteiger partial charge in [0, 0.05) is 58.1 Å². The lowest BCUT2D eigenvalue weighted by atomic mass is 10.0. The number of carbonyl (C=O) groups excluding carboxylic acids is 2. The Bertz CT molecular complexity index is 1060. The van der Waals surface area contributed by atoms with E-state index >= 15 is 0 Å². The maximum Gasteiger partial charge on any atom is 0.410 e. The van der Waals surface area contributed by atoms with Gasteiger partial charge in [-0.25, -0.2) is 4.79 Å². The highest BCUT2D eigenvalue weighted by molar-refractivity contribution is 5.93. The number of likely N-dealkylation sites (tertiary alicyclic amines) is 1. The van der Waals surface area contributed by atoms with Gasteiger partial charge in [-0.3, -0.25) is 9.69 Å². The monoisotopic (exact) mass is 477 g/mol. The van der Waals surface area contributed by atoms with Crippen LogP contribution in [0.25, 0.3) is 0 Å². The molecular formula is C27H35N5O3. The van der Waals surface area contributed by atoms with Gasteiger partial charge in [-0.15, -0.1) is 0 Å². The molecule has 2 saturated heterocycles. The minimum atomic E-state index is -0.500. The van der Waals surface area contributed by atoms with E-state index in [2.05, 4.69) is 15.5 Å². The zero-order valence-corrected chi connectivity index (χ0v) is 20.9. The molecule has 3 heterocycles. The van der Waals surface area contributed by atoms with Crippen LogP contribution in [0.2, 0.25) is 0 Å². The Morgan fingerprint density at radius 3 is 2.23 bits per heavy atom. The van der Waals surface area contributed by atoms with Crippen LogP contribution in [-0.4, -0.2) is 76.1 Å². The number of piperidine rings is 1. The van der Waals surface area contributed by atoms with Crippen molar-refractivity contribution in [2.24, 2.45) is 0 Å². The first-order chi connectivity index (χ1) is 16.7. The van der Waals surface area contributed by atoms with E-state index < -0.39 is 5.60 Å². The van der Waals surface area contributed by atoms with Crippen LogP contribution in [0.15, 0.2) is 42.6 Å². The molecule has 0 radical (unpaired) electrons. The Kier molecular flexibility index (Phi) is 7.46. The van der Waals surface area contributed by atoms with Gasteiger partial charge < -0.3 is 19.1 Å². The Labute approximate surface area is 207 Å². The van der Waals surface area contributed by atoms with Crippen LogP contribution in [0.4, 0.5) is 4.79 Å². The minimum Gasteiger partial charge on any atom is -0.444 e. The van der Waals surface area contributed by atoms with Gasteiger partial charge in [0.2, 0.25) is 0 Å². The number of aromatic nitrogens is 1. The van der Waals surface area contributed by atoms with Crippen LogP contribution in [0.5, 0.6) is 0 Å². The number of carbonyl (C=O) groups is 2. The molecule has 186 valence electrons. The SMILES string of the molecule is CC(C)(C)OC(=O)N1CCC(n2cccc2C(=O)N2CCN(Cc3ccc(C#N)cc3)CC2)CC1. The molecule has 0 unspecified atom stereocenters. The fraction of sp³-hybridized carbons (Fsp3) is 0.519. The van der Waals surface area contributed by atoms with Crippen molar-refractivity contribution in [1.29, 1.82) is 5.26 Å². The molecule has 2 aliphatic heterocycles. The van der Waals surface area contributed by atoms with Gasteiger partial charge >= 0.3 is 6.09 Å². The van der Waals surface area contributed by atoms with Gasteiger partial charge in [0.05, 0.1) is 11.6 Å². The molecule has 2 fully saturated rings. The predicted octanol–water partition coefficient (Wildman–Crippen LogP) is 3.89. The lowest BCUT2D eigenvalue weighted by Gasteiger charge is -2.36. The molecule has 8 nitrogen and oxygen atoms in total. The second kappa shape index (κ2) is 10.5. The third-order valence-corrected chi connectivity index (χ3v) is 6.66. The first kappa shape index (κ1) is 24.8. The Morgan fingerprint density at radius 1 is 0.971 bits per heavy atom. The smallest absolute Gasteiger partial charge is 0.410 e. The number of nitrogens with zero attached hydrogens (tertiary/aromatic N) is 5. The first-order valence-corrected chi connectivity index (χ1v) is 12.4. The first-order valence-electron chi connectivity index (χ1n) is 12.4. The van der Waals surface area contributed by atoms with E-state index in [1.165, 1.54) is 5.56 Å². The summed E-state index contributed by atoms with van der Waals surface area (Å²) in [6.07, 6.45) is 3.32. The molecule has 4 rings (SSSR count). The van der Waals surface area contributed by atoms with Crippen molar-refractivity contribution in [3.8, 4) is 6.07 Å². The Balaban J connectivity index is 1.30. The largest absolute Gasteiger partial charge is 0.444 e. The van der Waals surface area contributed by atoms with E-state index in [-0.39, 0.29) is 18.0 Å². The fourth-order valence-electron chi connectivity index (χ4n) is 4.76. The summed E-state index contributed by atoms with van der Waals surface area (Å²) in [5.41, 5.74) is 2.07. The molecule has 0 N–H and O–H groups in total. The number of ether oxygens (including phenoxy) is 1. The maximum absolute atomic E-state index is 13.4. The molecule has 0 aliphatic carbocycles. The van der Waals surface area contributed by atoms with Crippen molar-refractivity contribution in [2.75, 3.05) is 39.3 Å². The van der Waals surface area contributed by atoms with Gasteiger partial charge in [0.1, 0.15) is 11.3 Å². The van der Waals surface area contributed by atoms with E-state index in [4.69, 9.17) is 10.00 Å². The van der Waals surface area contributed by atoms with Crippen LogP contribution in [-0.2, 0) is 11.3 Å². The summed E-state index contributed by atoms with van der Waals surface area (Å²) >= 11 is 0. The number of hydrogen-bond donors (Lipinski definition) is 0. The minimum absolute atomic E-state index is 0.0718. The van der Waals surface area contributed by atoms with Gasteiger partial charge in [-0.2, -0.15) is 5.26 Å².